The maximum Gasteiger partial charge on any atom is 0.416 e. The van der Waals surface area contributed by atoms with Gasteiger partial charge >= 0.3 is 6.18 Å². The lowest BCUT2D eigenvalue weighted by Crippen LogP contribution is -2.54. The summed E-state index contributed by atoms with van der Waals surface area (Å²) in [6.07, 6.45) is -0.795. The highest BCUT2D eigenvalue weighted by atomic mass is 19.4. The largest absolute Gasteiger partial charge is 0.487 e. The molecule has 0 spiro atoms. The van der Waals surface area contributed by atoms with Gasteiger partial charge in [-0.15, -0.1) is 0 Å². The van der Waals surface area contributed by atoms with E-state index in [0.29, 0.717) is 23.1 Å². The second-order valence-electron chi connectivity index (χ2n) is 6.78. The van der Waals surface area contributed by atoms with Crippen molar-refractivity contribution in [3.8, 4) is 5.75 Å². The fourth-order valence-corrected chi connectivity index (χ4v) is 3.06. The predicted octanol–water partition coefficient (Wildman–Crippen LogP) is 3.55. The Morgan fingerprint density at radius 1 is 1.13 bits per heavy atom. The van der Waals surface area contributed by atoms with Gasteiger partial charge in [-0.1, -0.05) is 0 Å². The van der Waals surface area contributed by atoms with Crippen molar-refractivity contribution in [1.82, 2.24) is 15.2 Å². The second kappa shape index (κ2) is 8.17. The van der Waals surface area contributed by atoms with Gasteiger partial charge in [0, 0.05) is 12.3 Å². The molecule has 4 rings (SSSR count). The lowest BCUT2D eigenvalue weighted by molar-refractivity contribution is -0.137. The van der Waals surface area contributed by atoms with E-state index in [-0.39, 0.29) is 18.8 Å². The van der Waals surface area contributed by atoms with Crippen molar-refractivity contribution >= 4 is 17.4 Å². The van der Waals surface area contributed by atoms with E-state index in [4.69, 9.17) is 4.74 Å². The van der Waals surface area contributed by atoms with E-state index in [1.54, 1.807) is 23.1 Å². The Morgan fingerprint density at radius 3 is 2.65 bits per heavy atom. The molecule has 0 unspecified atom stereocenters. The van der Waals surface area contributed by atoms with Crippen LogP contribution in [0.3, 0.4) is 0 Å². The van der Waals surface area contributed by atoms with Crippen LogP contribution < -0.4 is 15.0 Å². The summed E-state index contributed by atoms with van der Waals surface area (Å²) >= 11 is 0. The molecule has 31 heavy (non-hydrogen) atoms. The van der Waals surface area contributed by atoms with Crippen molar-refractivity contribution in [3.05, 3.63) is 71.9 Å². The third-order valence-electron chi connectivity index (χ3n) is 4.52. The van der Waals surface area contributed by atoms with E-state index in [1.807, 2.05) is 0 Å². The summed E-state index contributed by atoms with van der Waals surface area (Å²) in [5.41, 5.74) is -0.345. The van der Waals surface area contributed by atoms with Crippen LogP contribution in [-0.4, -0.2) is 40.3 Å². The number of benzene rings is 1. The zero-order chi connectivity index (χ0) is 22.0. The molecular formula is C20H15F4N5O2. The van der Waals surface area contributed by atoms with Crippen molar-refractivity contribution in [2.75, 3.05) is 23.3 Å². The highest BCUT2D eigenvalue weighted by molar-refractivity contribution is 6.07. The van der Waals surface area contributed by atoms with Crippen LogP contribution >= 0.6 is 0 Å². The summed E-state index contributed by atoms with van der Waals surface area (Å²) in [6.45, 7) is 0.540. The number of carbonyl (C=O) groups is 1. The Bertz CT molecular complexity index is 1090. The normalized spacial score (nSPS) is 14.1. The van der Waals surface area contributed by atoms with Gasteiger partial charge in [-0.25, -0.2) is 9.37 Å². The Labute approximate surface area is 173 Å². The van der Waals surface area contributed by atoms with Gasteiger partial charge in [0.2, 0.25) is 0 Å². The lowest BCUT2D eigenvalue weighted by atomic mass is 10.1. The third kappa shape index (κ3) is 4.71. The molecule has 1 fully saturated rings. The van der Waals surface area contributed by atoms with Gasteiger partial charge in [-0.2, -0.15) is 23.4 Å². The van der Waals surface area contributed by atoms with Crippen LogP contribution in [0.25, 0.3) is 0 Å². The molecule has 0 saturated carbocycles. The first kappa shape index (κ1) is 20.5. The average Bonchev–Trinajstić information content (AvgIpc) is 2.70. The van der Waals surface area contributed by atoms with Crippen LogP contribution in [0.1, 0.15) is 15.9 Å². The van der Waals surface area contributed by atoms with E-state index in [9.17, 15) is 22.4 Å². The number of nitrogens with zero attached hydrogens (tertiary/aromatic N) is 4. The molecule has 3 aromatic rings. The Kier molecular flexibility index (Phi) is 5.40. The molecule has 2 aromatic heterocycles. The molecule has 3 heterocycles. The maximum atomic E-state index is 13.5. The molecule has 0 bridgehead atoms. The first-order chi connectivity index (χ1) is 14.8. The van der Waals surface area contributed by atoms with Gasteiger partial charge in [0.05, 0.1) is 42.3 Å². The summed E-state index contributed by atoms with van der Waals surface area (Å²) in [5, 5.41) is 10.0. The molecule has 1 amide bonds. The summed E-state index contributed by atoms with van der Waals surface area (Å²) in [6, 6.07) is 6.87. The average molecular weight is 433 g/mol. The van der Waals surface area contributed by atoms with Gasteiger partial charge in [-0.3, -0.25) is 4.79 Å². The minimum absolute atomic E-state index is 0.207. The van der Waals surface area contributed by atoms with Gasteiger partial charge in [0.1, 0.15) is 23.5 Å². The molecule has 1 N–H and O–H groups in total. The molecular weight excluding hydrogens is 418 g/mol. The number of hydrogen-bond donors (Lipinski definition) is 1. The topological polar surface area (TPSA) is 80.2 Å². The summed E-state index contributed by atoms with van der Waals surface area (Å²) in [5.74, 6) is -1.24. The highest BCUT2D eigenvalue weighted by Crippen LogP contribution is 2.33. The number of nitrogens with one attached hydrogen (secondary N) is 1. The molecule has 0 aliphatic carbocycles. The fourth-order valence-electron chi connectivity index (χ4n) is 3.06. The lowest BCUT2D eigenvalue weighted by Gasteiger charge is -2.40. The van der Waals surface area contributed by atoms with E-state index < -0.39 is 29.6 Å². The zero-order valence-electron chi connectivity index (χ0n) is 15.8. The number of halogens is 4. The smallest absolute Gasteiger partial charge is 0.416 e. The number of anilines is 2. The maximum absolute atomic E-state index is 13.5. The number of rotatable bonds is 5. The van der Waals surface area contributed by atoms with E-state index >= 15 is 0 Å². The predicted molar refractivity (Wildman–Crippen MR) is 102 cm³/mol. The van der Waals surface area contributed by atoms with Crippen LogP contribution in [-0.2, 0) is 6.18 Å². The number of ether oxygens (including phenoxy) is 1. The van der Waals surface area contributed by atoms with Crippen LogP contribution in [0, 0.1) is 5.82 Å². The second-order valence-corrected chi connectivity index (χ2v) is 6.78. The number of carbonyl (C=O) groups excluding carboxylic acids is 1. The molecule has 7 nitrogen and oxygen atoms in total. The fraction of sp³-hybridized carbons (Fsp3) is 0.200. The molecule has 0 atom stereocenters. The van der Waals surface area contributed by atoms with E-state index in [2.05, 4.69) is 20.5 Å². The van der Waals surface area contributed by atoms with E-state index in [1.165, 1.54) is 18.6 Å². The number of alkyl halides is 3. The first-order valence-corrected chi connectivity index (χ1v) is 9.12. The standard InChI is InChI=1S/C20H15F4N5O2/c21-13-6-12(20(22,23)24)7-15(8-13)31-16-10-29(11-16)18-17(2-1-4-25-18)19(30)28-14-3-5-26-27-9-14/h1-9,16H,10-11H2,(H,26,28,30). The minimum atomic E-state index is -4.67. The van der Waals surface area contributed by atoms with Crippen molar-refractivity contribution in [1.29, 1.82) is 0 Å². The van der Waals surface area contributed by atoms with Crippen molar-refractivity contribution in [3.63, 3.8) is 0 Å². The summed E-state index contributed by atoms with van der Waals surface area (Å²) < 4.78 is 57.6. The Morgan fingerprint density at radius 2 is 1.94 bits per heavy atom. The third-order valence-corrected chi connectivity index (χ3v) is 4.52. The molecule has 1 saturated heterocycles. The molecule has 11 heteroatoms. The summed E-state index contributed by atoms with van der Waals surface area (Å²) in [4.78, 5) is 18.6. The van der Waals surface area contributed by atoms with Gasteiger partial charge in [0.25, 0.3) is 5.91 Å². The van der Waals surface area contributed by atoms with Crippen molar-refractivity contribution in [2.45, 2.75) is 12.3 Å². The van der Waals surface area contributed by atoms with Gasteiger partial charge in [0.15, 0.2) is 0 Å². The quantitative estimate of drug-likeness (QED) is 0.620. The van der Waals surface area contributed by atoms with Gasteiger partial charge in [-0.05, 0) is 30.3 Å². The Balaban J connectivity index is 1.43. The molecule has 1 aliphatic rings. The minimum Gasteiger partial charge on any atom is -0.487 e. The number of pyridine rings is 1. The zero-order valence-corrected chi connectivity index (χ0v) is 15.8. The van der Waals surface area contributed by atoms with Crippen molar-refractivity contribution < 1.29 is 27.1 Å². The Hall–Kier alpha value is -3.76. The monoisotopic (exact) mass is 433 g/mol. The molecule has 1 aromatic carbocycles. The van der Waals surface area contributed by atoms with Gasteiger partial charge < -0.3 is 15.0 Å². The van der Waals surface area contributed by atoms with Crippen molar-refractivity contribution in [2.24, 2.45) is 0 Å². The number of aromatic nitrogens is 3. The van der Waals surface area contributed by atoms with Crippen LogP contribution in [0.15, 0.2) is 55.0 Å². The highest BCUT2D eigenvalue weighted by Gasteiger charge is 2.34. The molecule has 160 valence electrons. The molecule has 0 radical (unpaired) electrons. The first-order valence-electron chi connectivity index (χ1n) is 9.12. The van der Waals surface area contributed by atoms with Crippen LogP contribution in [0.2, 0.25) is 0 Å². The summed E-state index contributed by atoms with van der Waals surface area (Å²) in [7, 11) is 0. The van der Waals surface area contributed by atoms with Crippen LogP contribution in [0.5, 0.6) is 5.75 Å². The van der Waals surface area contributed by atoms with Crippen LogP contribution in [0.4, 0.5) is 29.1 Å². The number of amides is 1. The SMILES string of the molecule is O=C(Nc1ccnnc1)c1cccnc1N1CC(Oc2cc(F)cc(C(F)(F)F)c2)C1. The number of hydrogen-bond acceptors (Lipinski definition) is 6. The molecule has 1 aliphatic heterocycles. The van der Waals surface area contributed by atoms with E-state index in [0.717, 1.165) is 12.1 Å².